The van der Waals surface area contributed by atoms with Crippen molar-refractivity contribution in [2.45, 2.75) is 32.9 Å². The van der Waals surface area contributed by atoms with Gasteiger partial charge in [0.05, 0.1) is 13.1 Å². The second kappa shape index (κ2) is 10.2. The topological polar surface area (TPSA) is 131 Å². The van der Waals surface area contributed by atoms with Crippen LogP contribution in [0.3, 0.4) is 0 Å². The zero-order valence-corrected chi connectivity index (χ0v) is 19.8. The molecule has 3 aromatic rings. The molecular weight excluding hydrogens is 468 g/mol. The Labute approximate surface area is 199 Å². The largest absolute Gasteiger partial charge is 0.616 e. The minimum Gasteiger partial charge on any atom is -0.616 e. The minimum absolute atomic E-state index is 0.103. The van der Waals surface area contributed by atoms with E-state index in [-0.39, 0.29) is 18.4 Å². The third-order valence-electron chi connectivity index (χ3n) is 5.25. The van der Waals surface area contributed by atoms with Gasteiger partial charge in [0.15, 0.2) is 11.3 Å². The lowest BCUT2D eigenvalue weighted by molar-refractivity contribution is 0.103. The van der Waals surface area contributed by atoms with Crippen LogP contribution in [0.25, 0.3) is 11.0 Å². The molecule has 0 bridgehead atoms. The van der Waals surface area contributed by atoms with Crippen molar-refractivity contribution in [3.05, 3.63) is 41.2 Å². The minimum atomic E-state index is -1.05. The molecule has 0 amide bonds. The molecule has 1 aliphatic heterocycles. The van der Waals surface area contributed by atoms with Crippen molar-refractivity contribution < 1.29 is 19.5 Å². The average molecular weight is 493 g/mol. The summed E-state index contributed by atoms with van der Waals surface area (Å²) in [6.07, 6.45) is -0.734. The van der Waals surface area contributed by atoms with E-state index in [4.69, 9.17) is 16.3 Å². The van der Waals surface area contributed by atoms with Gasteiger partial charge in [0.1, 0.15) is 42.4 Å². The third kappa shape index (κ3) is 5.22. The molecule has 2 atom stereocenters. The molecule has 1 aromatic carbocycles. The highest BCUT2D eigenvalue weighted by molar-refractivity contribution is 7.91. The molecule has 176 valence electrons. The van der Waals surface area contributed by atoms with Crippen LogP contribution < -0.4 is 14.5 Å². The number of aliphatic hydroxyl groups is 2. The maximum atomic E-state index is 11.9. The molecule has 10 nitrogen and oxygen atoms in total. The first-order valence-corrected chi connectivity index (χ1v) is 12.3. The lowest BCUT2D eigenvalue weighted by atomic mass is 10.2. The molecule has 0 aliphatic carbocycles. The molecule has 2 unspecified atom stereocenters. The Kier molecular flexibility index (Phi) is 7.35. The number of hydrogen-bond donors (Lipinski definition) is 2. The van der Waals surface area contributed by atoms with Gasteiger partial charge in [0.25, 0.3) is 0 Å². The van der Waals surface area contributed by atoms with E-state index in [1.165, 1.54) is 25.1 Å². The van der Waals surface area contributed by atoms with Crippen molar-refractivity contribution in [2.24, 2.45) is 0 Å². The summed E-state index contributed by atoms with van der Waals surface area (Å²) in [6.45, 7) is 4.25. The number of anilines is 2. The Morgan fingerprint density at radius 1 is 1.12 bits per heavy atom. The molecule has 0 spiro atoms. The second-order valence-corrected chi connectivity index (χ2v) is 9.71. The van der Waals surface area contributed by atoms with E-state index in [0.717, 1.165) is 5.56 Å². The van der Waals surface area contributed by atoms with Crippen LogP contribution >= 0.6 is 11.6 Å². The average Bonchev–Trinajstić information content (AvgIpc) is 2.78. The number of nitrogens with zero attached hydrogens (tertiary/aromatic N) is 6. The Morgan fingerprint density at radius 3 is 2.48 bits per heavy atom. The van der Waals surface area contributed by atoms with Crippen molar-refractivity contribution in [3.8, 4) is 5.88 Å². The summed E-state index contributed by atoms with van der Waals surface area (Å²) in [5.74, 6) is 1.85. The second-order valence-electron chi connectivity index (χ2n) is 7.61. The molecular formula is C21H25ClN6O4S. The number of rotatable bonds is 7. The molecule has 12 heteroatoms. The molecule has 1 fully saturated rings. The van der Waals surface area contributed by atoms with Gasteiger partial charge in [-0.3, -0.25) is 4.90 Å². The maximum absolute atomic E-state index is 11.9. The molecule has 2 aromatic heterocycles. The van der Waals surface area contributed by atoms with Crippen molar-refractivity contribution in [1.29, 1.82) is 0 Å². The Bertz CT molecular complexity index is 1110. The predicted molar refractivity (Wildman–Crippen MR) is 127 cm³/mol. The standard InChI is InChI=1S/C21H25ClN6O4S/c1-13(29)28(14(2)30)21-25-18-17(19(26-21)27-7-9-33(31)10-8-27)23-12-24-20(18)32-11-15-5-3-4-6-16(15)22/h3-6,12-14,29-30H,7-11H2,1-2H3. The summed E-state index contributed by atoms with van der Waals surface area (Å²) in [7, 11) is 0. The molecule has 4 rings (SSSR count). The highest BCUT2D eigenvalue weighted by Crippen LogP contribution is 2.31. The van der Waals surface area contributed by atoms with E-state index in [9.17, 15) is 14.8 Å². The Hall–Kier alpha value is -2.44. The molecule has 1 aliphatic rings. The summed E-state index contributed by atoms with van der Waals surface area (Å²) < 4.78 is 17.8. The normalized spacial score (nSPS) is 16.6. The zero-order chi connectivity index (χ0) is 23.5. The highest BCUT2D eigenvalue weighted by Gasteiger charge is 2.28. The smallest absolute Gasteiger partial charge is 0.244 e. The van der Waals surface area contributed by atoms with Crippen LogP contribution in [0.4, 0.5) is 11.8 Å². The molecule has 0 saturated carbocycles. The summed E-state index contributed by atoms with van der Waals surface area (Å²) in [5.41, 5.74) is 1.59. The number of aliphatic hydroxyl groups excluding tert-OH is 2. The highest BCUT2D eigenvalue weighted by atomic mass is 35.5. The van der Waals surface area contributed by atoms with Gasteiger partial charge in [0, 0.05) is 10.6 Å². The van der Waals surface area contributed by atoms with E-state index in [1.807, 2.05) is 23.1 Å². The number of hydrogen-bond acceptors (Lipinski definition) is 10. The van der Waals surface area contributed by atoms with E-state index < -0.39 is 23.6 Å². The van der Waals surface area contributed by atoms with Crippen molar-refractivity contribution in [3.63, 3.8) is 0 Å². The number of halogens is 1. The lowest BCUT2D eigenvalue weighted by Crippen LogP contribution is -2.43. The fourth-order valence-corrected chi connectivity index (χ4v) is 4.84. The van der Waals surface area contributed by atoms with Crippen LogP contribution in [0, 0.1) is 0 Å². The van der Waals surface area contributed by atoms with E-state index in [2.05, 4.69) is 19.9 Å². The Balaban J connectivity index is 1.80. The number of aromatic nitrogens is 4. The van der Waals surface area contributed by atoms with E-state index >= 15 is 0 Å². The fourth-order valence-electron chi connectivity index (χ4n) is 3.60. The molecule has 3 heterocycles. The molecule has 2 N–H and O–H groups in total. The summed E-state index contributed by atoms with van der Waals surface area (Å²) in [4.78, 5) is 21.1. The van der Waals surface area contributed by atoms with Gasteiger partial charge in [-0.15, -0.1) is 0 Å². The van der Waals surface area contributed by atoms with Gasteiger partial charge in [-0.25, -0.2) is 9.97 Å². The van der Waals surface area contributed by atoms with Gasteiger partial charge in [-0.2, -0.15) is 9.97 Å². The van der Waals surface area contributed by atoms with Crippen LogP contribution in [0.2, 0.25) is 5.02 Å². The van der Waals surface area contributed by atoms with E-state index in [1.54, 1.807) is 6.07 Å². The van der Waals surface area contributed by atoms with Gasteiger partial charge >= 0.3 is 0 Å². The number of benzene rings is 1. The SMILES string of the molecule is CC(O)N(c1nc(N2CC[S+]([O-])CC2)c2ncnc(OCc3ccccc3Cl)c2n1)C(C)O. The summed E-state index contributed by atoms with van der Waals surface area (Å²) in [6, 6.07) is 7.34. The van der Waals surface area contributed by atoms with Gasteiger partial charge in [-0.05, 0) is 19.9 Å². The van der Waals surface area contributed by atoms with Crippen molar-refractivity contribution in [1.82, 2.24) is 19.9 Å². The Morgan fingerprint density at radius 2 is 1.82 bits per heavy atom. The lowest BCUT2D eigenvalue weighted by Gasteiger charge is -2.32. The van der Waals surface area contributed by atoms with Crippen LogP contribution in [0.1, 0.15) is 19.4 Å². The first kappa shape index (κ1) is 23.7. The summed E-state index contributed by atoms with van der Waals surface area (Å²) in [5, 5.41) is 21.1. The van der Waals surface area contributed by atoms with Gasteiger partial charge in [-0.1, -0.05) is 41.0 Å². The van der Waals surface area contributed by atoms with Gasteiger partial charge < -0.3 is 24.4 Å². The molecule has 33 heavy (non-hydrogen) atoms. The number of ether oxygens (including phenoxy) is 1. The van der Waals surface area contributed by atoms with Crippen molar-refractivity contribution >= 4 is 45.6 Å². The zero-order valence-electron chi connectivity index (χ0n) is 18.3. The molecule has 0 radical (unpaired) electrons. The molecule has 1 saturated heterocycles. The maximum Gasteiger partial charge on any atom is 0.244 e. The fraction of sp³-hybridized carbons (Fsp3) is 0.429. The monoisotopic (exact) mass is 492 g/mol. The number of fused-ring (bicyclic) bond motifs is 1. The predicted octanol–water partition coefficient (Wildman–Crippen LogP) is 1.70. The van der Waals surface area contributed by atoms with E-state index in [0.29, 0.717) is 46.5 Å². The van der Waals surface area contributed by atoms with Crippen LogP contribution in [0.5, 0.6) is 5.88 Å². The third-order valence-corrected chi connectivity index (χ3v) is 6.90. The quantitative estimate of drug-likeness (QED) is 0.371. The van der Waals surface area contributed by atoms with Gasteiger partial charge in [0.2, 0.25) is 11.8 Å². The van der Waals surface area contributed by atoms with Crippen LogP contribution in [0.15, 0.2) is 30.6 Å². The first-order chi connectivity index (χ1) is 15.8. The van der Waals surface area contributed by atoms with Crippen LogP contribution in [-0.4, -0.2) is 71.8 Å². The first-order valence-electron chi connectivity index (χ1n) is 10.5. The van der Waals surface area contributed by atoms with Crippen molar-refractivity contribution in [2.75, 3.05) is 34.4 Å². The summed E-state index contributed by atoms with van der Waals surface area (Å²) >= 11 is 5.38. The van der Waals surface area contributed by atoms with Crippen LogP contribution in [-0.2, 0) is 17.8 Å².